The zero-order valence-corrected chi connectivity index (χ0v) is 17.9. The van der Waals surface area contributed by atoms with Crippen molar-refractivity contribution in [2.45, 2.75) is 4.34 Å². The van der Waals surface area contributed by atoms with E-state index in [-0.39, 0.29) is 24.4 Å². The molecule has 0 saturated heterocycles. The van der Waals surface area contributed by atoms with Crippen molar-refractivity contribution in [2.24, 2.45) is 0 Å². The van der Waals surface area contributed by atoms with Crippen LogP contribution in [0.3, 0.4) is 0 Å². The molecule has 0 aliphatic carbocycles. The zero-order chi connectivity index (χ0) is 20.2. The lowest BCUT2D eigenvalue weighted by Gasteiger charge is -2.05. The maximum atomic E-state index is 12.3. The smallest absolute Gasteiger partial charge is 0.258 e. The average molecular weight is 493 g/mol. The molecule has 8 nitrogen and oxygen atoms in total. The number of carbonyl (C=O) groups excluding carboxylic acids is 2. The fourth-order valence-corrected chi connectivity index (χ4v) is 4.44. The first-order chi connectivity index (χ1) is 14.1. The molecular formula is C18H13BrN4O4S2. The van der Waals surface area contributed by atoms with Gasteiger partial charge in [-0.2, -0.15) is 0 Å². The van der Waals surface area contributed by atoms with Crippen molar-refractivity contribution in [2.75, 3.05) is 23.2 Å². The molecule has 4 rings (SSSR count). The van der Waals surface area contributed by atoms with E-state index in [1.165, 1.54) is 23.1 Å². The van der Waals surface area contributed by atoms with Crippen molar-refractivity contribution in [3.8, 4) is 11.5 Å². The molecule has 0 bridgehead atoms. The molecule has 2 aromatic carbocycles. The van der Waals surface area contributed by atoms with Crippen molar-refractivity contribution in [3.63, 3.8) is 0 Å². The predicted octanol–water partition coefficient (Wildman–Crippen LogP) is 4.01. The highest BCUT2D eigenvalue weighted by atomic mass is 79.9. The van der Waals surface area contributed by atoms with E-state index in [0.29, 0.717) is 36.7 Å². The Morgan fingerprint density at radius 3 is 2.79 bits per heavy atom. The van der Waals surface area contributed by atoms with Crippen LogP contribution in [0.15, 0.2) is 51.3 Å². The first-order valence-corrected chi connectivity index (χ1v) is 10.9. The number of nitrogens with zero attached hydrogens (tertiary/aromatic N) is 2. The minimum absolute atomic E-state index is 0.154. The first-order valence-electron chi connectivity index (χ1n) is 8.30. The van der Waals surface area contributed by atoms with Gasteiger partial charge in [0.2, 0.25) is 17.8 Å². The second-order valence-electron chi connectivity index (χ2n) is 5.71. The fraction of sp³-hybridized carbons (Fsp3) is 0.111. The van der Waals surface area contributed by atoms with Crippen molar-refractivity contribution in [3.05, 3.63) is 52.5 Å². The molecule has 3 aromatic rings. The average Bonchev–Trinajstić information content (AvgIpc) is 3.35. The number of rotatable bonds is 6. The summed E-state index contributed by atoms with van der Waals surface area (Å²) in [5.41, 5.74) is 1.12. The van der Waals surface area contributed by atoms with Crippen LogP contribution in [0.2, 0.25) is 0 Å². The Bertz CT molecular complexity index is 1080. The summed E-state index contributed by atoms with van der Waals surface area (Å²) < 4.78 is 11.8. The number of carbonyl (C=O) groups is 2. The normalized spacial score (nSPS) is 11.9. The molecule has 0 spiro atoms. The van der Waals surface area contributed by atoms with Crippen LogP contribution < -0.4 is 20.1 Å². The predicted molar refractivity (Wildman–Crippen MR) is 114 cm³/mol. The second-order valence-corrected chi connectivity index (χ2v) is 8.77. The summed E-state index contributed by atoms with van der Waals surface area (Å²) in [5.74, 6) is 0.934. The lowest BCUT2D eigenvalue weighted by Crippen LogP contribution is -2.13. The summed E-state index contributed by atoms with van der Waals surface area (Å²) in [5, 5.41) is 13.8. The SMILES string of the molecule is O=C(CSc1nnc(NC(=O)c2ccccc2Br)s1)Nc1ccc2c(c1)OCO2. The highest BCUT2D eigenvalue weighted by molar-refractivity contribution is 9.10. The van der Waals surface area contributed by atoms with Gasteiger partial charge in [0.05, 0.1) is 11.3 Å². The molecule has 29 heavy (non-hydrogen) atoms. The van der Waals surface area contributed by atoms with Gasteiger partial charge in [-0.3, -0.25) is 14.9 Å². The van der Waals surface area contributed by atoms with Gasteiger partial charge in [-0.05, 0) is 40.2 Å². The zero-order valence-electron chi connectivity index (χ0n) is 14.7. The van der Waals surface area contributed by atoms with Crippen LogP contribution >= 0.6 is 39.0 Å². The van der Waals surface area contributed by atoms with Gasteiger partial charge in [0.15, 0.2) is 15.8 Å². The summed E-state index contributed by atoms with van der Waals surface area (Å²) in [7, 11) is 0. The Hall–Kier alpha value is -2.63. The van der Waals surface area contributed by atoms with Gasteiger partial charge in [0.1, 0.15) is 0 Å². The molecule has 0 radical (unpaired) electrons. The van der Waals surface area contributed by atoms with Gasteiger partial charge in [-0.1, -0.05) is 35.2 Å². The third-order valence-electron chi connectivity index (χ3n) is 3.73. The fourth-order valence-electron chi connectivity index (χ4n) is 2.43. The van der Waals surface area contributed by atoms with E-state index in [9.17, 15) is 9.59 Å². The van der Waals surface area contributed by atoms with Gasteiger partial charge in [0, 0.05) is 16.2 Å². The first kappa shape index (κ1) is 19.7. The number of nitrogens with one attached hydrogen (secondary N) is 2. The van der Waals surface area contributed by atoms with Gasteiger partial charge in [0.25, 0.3) is 5.91 Å². The largest absolute Gasteiger partial charge is 0.454 e. The molecule has 1 aliphatic heterocycles. The van der Waals surface area contributed by atoms with Gasteiger partial charge >= 0.3 is 0 Å². The van der Waals surface area contributed by atoms with Crippen molar-refractivity contribution in [1.29, 1.82) is 0 Å². The van der Waals surface area contributed by atoms with Crippen LogP contribution in [0, 0.1) is 0 Å². The lowest BCUT2D eigenvalue weighted by atomic mass is 10.2. The molecule has 2 amide bonds. The Morgan fingerprint density at radius 2 is 1.93 bits per heavy atom. The summed E-state index contributed by atoms with van der Waals surface area (Å²) in [4.78, 5) is 24.5. The third-order valence-corrected chi connectivity index (χ3v) is 6.39. The number of hydrogen-bond donors (Lipinski definition) is 2. The Balaban J connectivity index is 1.29. The van der Waals surface area contributed by atoms with Crippen LogP contribution in [0.4, 0.5) is 10.8 Å². The molecule has 148 valence electrons. The van der Waals surface area contributed by atoms with Gasteiger partial charge < -0.3 is 14.8 Å². The molecule has 0 saturated carbocycles. The Kier molecular flexibility index (Phi) is 5.97. The van der Waals surface area contributed by atoms with Crippen LogP contribution in [0.5, 0.6) is 11.5 Å². The van der Waals surface area contributed by atoms with E-state index in [1.807, 2.05) is 6.07 Å². The molecule has 0 fully saturated rings. The van der Waals surface area contributed by atoms with E-state index in [0.717, 1.165) is 0 Å². The Morgan fingerprint density at radius 1 is 1.10 bits per heavy atom. The summed E-state index contributed by atoms with van der Waals surface area (Å²) in [6, 6.07) is 12.3. The van der Waals surface area contributed by atoms with E-state index in [1.54, 1.807) is 36.4 Å². The topological polar surface area (TPSA) is 102 Å². The van der Waals surface area contributed by atoms with Crippen LogP contribution in [0.25, 0.3) is 0 Å². The molecule has 2 heterocycles. The number of halogens is 1. The standard InChI is InChI=1S/C18H13BrN4O4S2/c19-12-4-2-1-3-11(12)16(25)21-17-22-23-18(29-17)28-8-15(24)20-10-5-6-13-14(7-10)27-9-26-13/h1-7H,8-9H2,(H,20,24)(H,21,22,25). The molecule has 0 atom stereocenters. The van der Waals surface area contributed by atoms with E-state index >= 15 is 0 Å². The number of hydrogen-bond acceptors (Lipinski definition) is 8. The van der Waals surface area contributed by atoms with E-state index in [4.69, 9.17) is 9.47 Å². The third kappa shape index (κ3) is 4.86. The second kappa shape index (κ2) is 8.80. The number of amides is 2. The van der Waals surface area contributed by atoms with Crippen LogP contribution in [-0.2, 0) is 4.79 Å². The van der Waals surface area contributed by atoms with Crippen molar-refractivity contribution >= 4 is 61.7 Å². The number of benzene rings is 2. The lowest BCUT2D eigenvalue weighted by molar-refractivity contribution is -0.113. The molecule has 0 unspecified atom stereocenters. The monoisotopic (exact) mass is 492 g/mol. The quantitative estimate of drug-likeness (QED) is 0.395. The van der Waals surface area contributed by atoms with Crippen molar-refractivity contribution < 1.29 is 19.1 Å². The minimum Gasteiger partial charge on any atom is -0.454 e. The molecule has 1 aromatic heterocycles. The van der Waals surface area contributed by atoms with Gasteiger partial charge in [-0.15, -0.1) is 10.2 Å². The van der Waals surface area contributed by atoms with E-state index < -0.39 is 0 Å². The molecule has 2 N–H and O–H groups in total. The highest BCUT2D eigenvalue weighted by Crippen LogP contribution is 2.34. The van der Waals surface area contributed by atoms with E-state index in [2.05, 4.69) is 36.8 Å². The molecule has 1 aliphatic rings. The molecule has 11 heteroatoms. The van der Waals surface area contributed by atoms with Crippen LogP contribution in [0.1, 0.15) is 10.4 Å². The maximum absolute atomic E-state index is 12.3. The number of thioether (sulfide) groups is 1. The maximum Gasteiger partial charge on any atom is 0.258 e. The minimum atomic E-state index is -0.286. The summed E-state index contributed by atoms with van der Waals surface area (Å²) in [6.45, 7) is 0.180. The number of anilines is 2. The summed E-state index contributed by atoms with van der Waals surface area (Å²) >= 11 is 5.78. The van der Waals surface area contributed by atoms with Crippen LogP contribution in [-0.4, -0.2) is 34.6 Å². The number of aromatic nitrogens is 2. The Labute approximate surface area is 182 Å². The number of fused-ring (bicyclic) bond motifs is 1. The van der Waals surface area contributed by atoms with Crippen molar-refractivity contribution in [1.82, 2.24) is 10.2 Å². The highest BCUT2D eigenvalue weighted by Gasteiger charge is 2.16. The number of ether oxygens (including phenoxy) is 2. The summed E-state index contributed by atoms with van der Waals surface area (Å²) in [6.07, 6.45) is 0. The molecular weight excluding hydrogens is 480 g/mol. The van der Waals surface area contributed by atoms with Gasteiger partial charge in [-0.25, -0.2) is 0 Å².